The van der Waals surface area contributed by atoms with Crippen molar-refractivity contribution in [1.29, 1.82) is 0 Å². The molecule has 3 N–H and O–H groups in total. The Hall–Kier alpha value is -1.63. The van der Waals surface area contributed by atoms with Crippen LogP contribution in [0.5, 0.6) is 0 Å². The fourth-order valence-corrected chi connectivity index (χ4v) is 2.08. The zero-order valence-electron chi connectivity index (χ0n) is 13.6. The van der Waals surface area contributed by atoms with Gasteiger partial charge in [0.05, 0.1) is 13.2 Å². The van der Waals surface area contributed by atoms with Gasteiger partial charge in [0.2, 0.25) is 5.91 Å². The van der Waals surface area contributed by atoms with Gasteiger partial charge in [0.15, 0.2) is 0 Å². The predicted molar refractivity (Wildman–Crippen MR) is 92.1 cm³/mol. The molecule has 1 saturated heterocycles. The average Bonchev–Trinajstić information content (AvgIpc) is 2.47. The van der Waals surface area contributed by atoms with Gasteiger partial charge in [-0.1, -0.05) is 0 Å². The molecule has 2 amide bonds. The zero-order chi connectivity index (χ0) is 16.2. The van der Waals surface area contributed by atoms with Gasteiger partial charge in [-0.15, -0.1) is 12.4 Å². The molecule has 23 heavy (non-hydrogen) atoms. The molecule has 1 aliphatic rings. The molecule has 1 atom stereocenters. The number of morpholine rings is 1. The fourth-order valence-electron chi connectivity index (χ4n) is 2.08. The van der Waals surface area contributed by atoms with Crippen molar-refractivity contribution in [1.82, 2.24) is 10.6 Å². The van der Waals surface area contributed by atoms with Gasteiger partial charge < -0.3 is 20.7 Å². The maximum atomic E-state index is 12.0. The topological polar surface area (TPSA) is 79.5 Å². The third-order valence-corrected chi connectivity index (χ3v) is 3.14. The summed E-state index contributed by atoms with van der Waals surface area (Å²) < 4.78 is 5.26. The van der Waals surface area contributed by atoms with Crippen LogP contribution < -0.4 is 16.0 Å². The number of carbonyl (C=O) groups is 2. The lowest BCUT2D eigenvalue weighted by Gasteiger charge is -2.23. The van der Waals surface area contributed by atoms with E-state index in [2.05, 4.69) is 16.0 Å². The van der Waals surface area contributed by atoms with Gasteiger partial charge in [0, 0.05) is 23.3 Å². The number of hydrogen-bond donors (Lipinski definition) is 3. The van der Waals surface area contributed by atoms with Crippen molar-refractivity contribution in [2.75, 3.05) is 25.1 Å². The minimum atomic E-state index is -0.336. The molecule has 7 heteroatoms. The van der Waals surface area contributed by atoms with Crippen molar-refractivity contribution in [3.8, 4) is 0 Å². The van der Waals surface area contributed by atoms with Crippen molar-refractivity contribution in [2.24, 2.45) is 0 Å². The number of rotatable bonds is 3. The monoisotopic (exact) mass is 341 g/mol. The molecule has 1 unspecified atom stereocenters. The van der Waals surface area contributed by atoms with Crippen molar-refractivity contribution in [3.05, 3.63) is 29.8 Å². The van der Waals surface area contributed by atoms with E-state index >= 15 is 0 Å². The SMILES string of the molecule is CC(C)(C)NC(=O)c1ccc(NC(=O)C2COCCN2)cc1.Cl. The van der Waals surface area contributed by atoms with Crippen LogP contribution in [0.1, 0.15) is 31.1 Å². The zero-order valence-corrected chi connectivity index (χ0v) is 14.5. The van der Waals surface area contributed by atoms with Gasteiger partial charge in [0.25, 0.3) is 5.91 Å². The molecule has 0 spiro atoms. The Bertz CT molecular complexity index is 534. The van der Waals surface area contributed by atoms with Gasteiger partial charge in [0.1, 0.15) is 6.04 Å². The summed E-state index contributed by atoms with van der Waals surface area (Å²) in [6, 6.07) is 6.50. The first-order valence-electron chi connectivity index (χ1n) is 7.40. The Morgan fingerprint density at radius 1 is 1.22 bits per heavy atom. The first kappa shape index (κ1) is 19.4. The molecule has 128 valence electrons. The van der Waals surface area contributed by atoms with Crippen LogP contribution in [-0.2, 0) is 9.53 Å². The Labute approximate surface area is 142 Å². The molecule has 1 aromatic rings. The molecule has 0 radical (unpaired) electrons. The predicted octanol–water partition coefficient (Wildman–Crippen LogP) is 1.56. The van der Waals surface area contributed by atoms with Crippen molar-refractivity contribution >= 4 is 29.9 Å². The average molecular weight is 342 g/mol. The van der Waals surface area contributed by atoms with E-state index in [4.69, 9.17) is 4.74 Å². The standard InChI is InChI=1S/C16H23N3O3.ClH/c1-16(2,3)19-14(20)11-4-6-12(7-5-11)18-15(21)13-10-22-9-8-17-13;/h4-7,13,17H,8-10H2,1-3H3,(H,18,21)(H,19,20);1H. The van der Waals surface area contributed by atoms with Gasteiger partial charge in [-0.3, -0.25) is 9.59 Å². The van der Waals surface area contributed by atoms with Crippen LogP contribution in [0.25, 0.3) is 0 Å². The third-order valence-electron chi connectivity index (χ3n) is 3.14. The quantitative estimate of drug-likeness (QED) is 0.779. The summed E-state index contributed by atoms with van der Waals surface area (Å²) >= 11 is 0. The first-order valence-corrected chi connectivity index (χ1v) is 7.40. The van der Waals surface area contributed by atoms with E-state index in [1.54, 1.807) is 24.3 Å². The summed E-state index contributed by atoms with van der Waals surface area (Å²) in [5.41, 5.74) is 0.938. The number of ether oxygens (including phenoxy) is 1. The molecule has 0 saturated carbocycles. The van der Waals surface area contributed by atoms with Gasteiger partial charge >= 0.3 is 0 Å². The number of nitrogens with one attached hydrogen (secondary N) is 3. The highest BCUT2D eigenvalue weighted by molar-refractivity contribution is 5.97. The largest absolute Gasteiger partial charge is 0.378 e. The normalized spacial score (nSPS) is 17.8. The third kappa shape index (κ3) is 6.17. The van der Waals surface area contributed by atoms with E-state index in [9.17, 15) is 9.59 Å². The summed E-state index contributed by atoms with van der Waals surface area (Å²) in [4.78, 5) is 24.1. The van der Waals surface area contributed by atoms with Crippen LogP contribution >= 0.6 is 12.4 Å². The van der Waals surface area contributed by atoms with E-state index in [-0.39, 0.29) is 35.8 Å². The summed E-state index contributed by atoms with van der Waals surface area (Å²) in [5.74, 6) is -0.265. The highest BCUT2D eigenvalue weighted by Gasteiger charge is 2.21. The van der Waals surface area contributed by atoms with Crippen molar-refractivity contribution in [3.63, 3.8) is 0 Å². The molecule has 0 aliphatic carbocycles. The molecule has 6 nitrogen and oxygen atoms in total. The summed E-state index contributed by atoms with van der Waals surface area (Å²) in [6.45, 7) is 7.46. The Balaban J connectivity index is 0.00000264. The van der Waals surface area contributed by atoms with Gasteiger partial charge in [-0.2, -0.15) is 0 Å². The molecular formula is C16H24ClN3O3. The lowest BCUT2D eigenvalue weighted by Crippen LogP contribution is -2.48. The van der Waals surface area contributed by atoms with Crippen LogP contribution in [0, 0.1) is 0 Å². The van der Waals surface area contributed by atoms with Crippen LogP contribution in [0.3, 0.4) is 0 Å². The number of amides is 2. The number of carbonyl (C=O) groups excluding carboxylic acids is 2. The van der Waals surface area contributed by atoms with Crippen LogP contribution in [0.15, 0.2) is 24.3 Å². The molecule has 1 aromatic carbocycles. The summed E-state index contributed by atoms with van der Waals surface area (Å²) in [7, 11) is 0. The van der Waals surface area contributed by atoms with Gasteiger partial charge in [-0.25, -0.2) is 0 Å². The maximum Gasteiger partial charge on any atom is 0.251 e. The molecule has 1 fully saturated rings. The van der Waals surface area contributed by atoms with Crippen molar-refractivity contribution in [2.45, 2.75) is 32.4 Å². The van der Waals surface area contributed by atoms with E-state index in [1.165, 1.54) is 0 Å². The van der Waals surface area contributed by atoms with E-state index in [1.807, 2.05) is 20.8 Å². The number of hydrogen-bond acceptors (Lipinski definition) is 4. The minimum Gasteiger partial charge on any atom is -0.378 e. The number of benzene rings is 1. The lowest BCUT2D eigenvalue weighted by atomic mass is 10.1. The van der Waals surface area contributed by atoms with E-state index in [0.29, 0.717) is 31.0 Å². The van der Waals surface area contributed by atoms with Crippen LogP contribution in [-0.4, -0.2) is 43.2 Å². The number of halogens is 1. The van der Waals surface area contributed by atoms with Gasteiger partial charge in [-0.05, 0) is 45.0 Å². The summed E-state index contributed by atoms with van der Waals surface area (Å²) in [6.07, 6.45) is 0. The smallest absolute Gasteiger partial charge is 0.251 e. The first-order chi connectivity index (χ1) is 10.3. The van der Waals surface area contributed by atoms with Crippen LogP contribution in [0.2, 0.25) is 0 Å². The van der Waals surface area contributed by atoms with E-state index in [0.717, 1.165) is 0 Å². The highest BCUT2D eigenvalue weighted by Crippen LogP contribution is 2.11. The number of anilines is 1. The van der Waals surface area contributed by atoms with Crippen molar-refractivity contribution < 1.29 is 14.3 Å². The lowest BCUT2D eigenvalue weighted by molar-refractivity contribution is -0.120. The fraction of sp³-hybridized carbons (Fsp3) is 0.500. The molecule has 1 heterocycles. The Morgan fingerprint density at radius 2 is 1.87 bits per heavy atom. The maximum absolute atomic E-state index is 12.0. The minimum absolute atomic E-state index is 0. The highest BCUT2D eigenvalue weighted by atomic mass is 35.5. The van der Waals surface area contributed by atoms with E-state index < -0.39 is 0 Å². The molecular weight excluding hydrogens is 318 g/mol. The summed E-state index contributed by atoms with van der Waals surface area (Å²) in [5, 5.41) is 8.80. The Kier molecular flexibility index (Phi) is 7.00. The molecule has 0 aromatic heterocycles. The second-order valence-corrected chi connectivity index (χ2v) is 6.35. The second-order valence-electron chi connectivity index (χ2n) is 6.35. The van der Waals surface area contributed by atoms with Crippen LogP contribution in [0.4, 0.5) is 5.69 Å². The molecule has 2 rings (SSSR count). The Morgan fingerprint density at radius 3 is 2.39 bits per heavy atom. The molecule has 0 bridgehead atoms. The molecule has 1 aliphatic heterocycles. The second kappa shape index (κ2) is 8.29.